The van der Waals surface area contributed by atoms with E-state index >= 15 is 0 Å². The molecule has 0 aliphatic carbocycles. The van der Waals surface area contributed by atoms with E-state index in [9.17, 15) is 9.59 Å². The molecule has 4 nitrogen and oxygen atoms in total. The van der Waals surface area contributed by atoms with Gasteiger partial charge in [-0.2, -0.15) is 0 Å². The quantitative estimate of drug-likeness (QED) is 0.911. The standard InChI is InChI=1S/C16H22N2O2/c1-4-11(2)15-16(20)17-9-14(19)18(15)10-13-8-6-5-7-12(13)3/h5-8,11,15H,4,9-10H2,1-3H3,(H,17,20). The van der Waals surface area contributed by atoms with Crippen LogP contribution < -0.4 is 5.32 Å². The number of amides is 2. The minimum Gasteiger partial charge on any atom is -0.345 e. The highest BCUT2D eigenvalue weighted by molar-refractivity contribution is 5.95. The van der Waals surface area contributed by atoms with E-state index in [1.165, 1.54) is 0 Å². The molecule has 0 aromatic heterocycles. The van der Waals surface area contributed by atoms with Crippen molar-refractivity contribution in [2.24, 2.45) is 5.92 Å². The molecule has 0 spiro atoms. The van der Waals surface area contributed by atoms with Crippen molar-refractivity contribution in [3.05, 3.63) is 35.4 Å². The summed E-state index contributed by atoms with van der Waals surface area (Å²) >= 11 is 0. The average molecular weight is 274 g/mol. The molecule has 1 fully saturated rings. The molecule has 1 heterocycles. The molecule has 2 rings (SSSR count). The number of aryl methyl sites for hydroxylation is 1. The number of nitrogens with one attached hydrogen (secondary N) is 1. The van der Waals surface area contributed by atoms with Crippen molar-refractivity contribution >= 4 is 11.8 Å². The largest absolute Gasteiger partial charge is 0.345 e. The number of carbonyl (C=O) groups excluding carboxylic acids is 2. The van der Waals surface area contributed by atoms with E-state index < -0.39 is 0 Å². The van der Waals surface area contributed by atoms with Gasteiger partial charge in [0.2, 0.25) is 11.8 Å². The highest BCUT2D eigenvalue weighted by Gasteiger charge is 2.37. The Balaban J connectivity index is 2.27. The minimum absolute atomic E-state index is 0.00171. The Kier molecular flexibility index (Phi) is 4.42. The molecule has 1 saturated heterocycles. The lowest BCUT2D eigenvalue weighted by atomic mass is 9.94. The topological polar surface area (TPSA) is 49.4 Å². The first kappa shape index (κ1) is 14.6. The Morgan fingerprint density at radius 1 is 1.35 bits per heavy atom. The zero-order valence-corrected chi connectivity index (χ0v) is 12.3. The van der Waals surface area contributed by atoms with Gasteiger partial charge in [0.1, 0.15) is 6.04 Å². The third-order valence-electron chi connectivity index (χ3n) is 4.12. The van der Waals surface area contributed by atoms with E-state index in [1.54, 1.807) is 4.90 Å². The Hall–Kier alpha value is -1.84. The van der Waals surface area contributed by atoms with Crippen LogP contribution in [0.3, 0.4) is 0 Å². The van der Waals surface area contributed by atoms with Gasteiger partial charge in [-0.05, 0) is 24.0 Å². The van der Waals surface area contributed by atoms with Crippen molar-refractivity contribution in [2.45, 2.75) is 39.8 Å². The van der Waals surface area contributed by atoms with Gasteiger partial charge in [-0.15, -0.1) is 0 Å². The molecule has 1 aliphatic heterocycles. The Labute approximate surface area is 120 Å². The molecule has 20 heavy (non-hydrogen) atoms. The zero-order valence-electron chi connectivity index (χ0n) is 12.3. The van der Waals surface area contributed by atoms with Crippen LogP contribution in [0.15, 0.2) is 24.3 Å². The van der Waals surface area contributed by atoms with Gasteiger partial charge >= 0.3 is 0 Å². The molecular weight excluding hydrogens is 252 g/mol. The summed E-state index contributed by atoms with van der Waals surface area (Å²) in [5, 5.41) is 2.70. The second-order valence-electron chi connectivity index (χ2n) is 5.50. The van der Waals surface area contributed by atoms with Crippen molar-refractivity contribution in [3.8, 4) is 0 Å². The van der Waals surface area contributed by atoms with Gasteiger partial charge in [0.15, 0.2) is 0 Å². The molecule has 2 amide bonds. The zero-order chi connectivity index (χ0) is 14.7. The molecule has 0 radical (unpaired) electrons. The van der Waals surface area contributed by atoms with Crippen LogP contribution >= 0.6 is 0 Å². The monoisotopic (exact) mass is 274 g/mol. The second-order valence-corrected chi connectivity index (χ2v) is 5.50. The smallest absolute Gasteiger partial charge is 0.243 e. The van der Waals surface area contributed by atoms with Crippen molar-refractivity contribution in [1.29, 1.82) is 0 Å². The maximum absolute atomic E-state index is 12.2. The number of benzene rings is 1. The van der Waals surface area contributed by atoms with Crippen LogP contribution in [0.5, 0.6) is 0 Å². The molecule has 2 atom stereocenters. The lowest BCUT2D eigenvalue weighted by Gasteiger charge is -2.38. The highest BCUT2D eigenvalue weighted by atomic mass is 16.2. The average Bonchev–Trinajstić information content (AvgIpc) is 2.44. The minimum atomic E-state index is -0.360. The summed E-state index contributed by atoms with van der Waals surface area (Å²) in [5.41, 5.74) is 2.25. The fourth-order valence-corrected chi connectivity index (χ4v) is 2.61. The van der Waals surface area contributed by atoms with Gasteiger partial charge in [0.25, 0.3) is 0 Å². The van der Waals surface area contributed by atoms with Crippen molar-refractivity contribution in [2.75, 3.05) is 6.54 Å². The van der Waals surface area contributed by atoms with E-state index in [0.29, 0.717) is 6.54 Å². The second kappa shape index (κ2) is 6.07. The molecule has 108 valence electrons. The van der Waals surface area contributed by atoms with E-state index in [4.69, 9.17) is 0 Å². The number of rotatable bonds is 4. The van der Waals surface area contributed by atoms with Crippen LogP contribution in [0.4, 0.5) is 0 Å². The van der Waals surface area contributed by atoms with Crippen molar-refractivity contribution in [1.82, 2.24) is 10.2 Å². The SMILES string of the molecule is CCC(C)C1C(=O)NCC(=O)N1Cc1ccccc1C. The molecule has 4 heteroatoms. The van der Waals surface area contributed by atoms with Gasteiger partial charge in [0.05, 0.1) is 6.54 Å². The number of hydrogen-bond acceptors (Lipinski definition) is 2. The number of carbonyl (C=O) groups is 2. The van der Waals surface area contributed by atoms with Crippen LogP contribution in [0.1, 0.15) is 31.4 Å². The predicted octanol–water partition coefficient (Wildman–Crippen LogP) is 1.87. The highest BCUT2D eigenvalue weighted by Crippen LogP contribution is 2.21. The van der Waals surface area contributed by atoms with Gasteiger partial charge in [0, 0.05) is 6.54 Å². The van der Waals surface area contributed by atoms with Crippen molar-refractivity contribution < 1.29 is 9.59 Å². The van der Waals surface area contributed by atoms with Gasteiger partial charge in [-0.25, -0.2) is 0 Å². The molecule has 0 saturated carbocycles. The summed E-state index contributed by atoms with van der Waals surface area (Å²) in [6.07, 6.45) is 0.871. The first-order valence-corrected chi connectivity index (χ1v) is 7.16. The molecule has 1 aromatic rings. The fourth-order valence-electron chi connectivity index (χ4n) is 2.61. The summed E-state index contributed by atoms with van der Waals surface area (Å²) in [4.78, 5) is 26.0. The first-order chi connectivity index (χ1) is 9.54. The van der Waals surface area contributed by atoms with Crippen LogP contribution in [-0.4, -0.2) is 29.3 Å². The van der Waals surface area contributed by atoms with Gasteiger partial charge < -0.3 is 10.2 Å². The summed E-state index contributed by atoms with van der Waals surface area (Å²) in [5.74, 6) is 0.119. The predicted molar refractivity (Wildman–Crippen MR) is 78.0 cm³/mol. The molecule has 1 N–H and O–H groups in total. The van der Waals surface area contributed by atoms with Crippen LogP contribution in [-0.2, 0) is 16.1 Å². The normalized spacial score (nSPS) is 20.8. The van der Waals surface area contributed by atoms with Crippen LogP contribution in [0, 0.1) is 12.8 Å². The van der Waals surface area contributed by atoms with E-state index in [-0.39, 0.29) is 30.3 Å². The van der Waals surface area contributed by atoms with Gasteiger partial charge in [-0.3, -0.25) is 9.59 Å². The third-order valence-corrected chi connectivity index (χ3v) is 4.12. The maximum Gasteiger partial charge on any atom is 0.243 e. The summed E-state index contributed by atoms with van der Waals surface area (Å²) in [6, 6.07) is 7.64. The number of nitrogens with zero attached hydrogens (tertiary/aromatic N) is 1. The third kappa shape index (κ3) is 2.84. The summed E-state index contributed by atoms with van der Waals surface area (Å²) in [6.45, 7) is 6.71. The maximum atomic E-state index is 12.2. The lowest BCUT2D eigenvalue weighted by molar-refractivity contribution is -0.148. The fraction of sp³-hybridized carbons (Fsp3) is 0.500. The van der Waals surface area contributed by atoms with E-state index in [1.807, 2.05) is 45.0 Å². The molecule has 1 aliphatic rings. The Morgan fingerprint density at radius 2 is 2.05 bits per heavy atom. The lowest BCUT2D eigenvalue weighted by Crippen LogP contribution is -2.60. The molecule has 2 unspecified atom stereocenters. The molecular formula is C16H22N2O2. The Morgan fingerprint density at radius 3 is 2.70 bits per heavy atom. The van der Waals surface area contributed by atoms with Gasteiger partial charge in [-0.1, -0.05) is 44.5 Å². The molecule has 0 bridgehead atoms. The first-order valence-electron chi connectivity index (χ1n) is 7.16. The number of hydrogen-bond donors (Lipinski definition) is 1. The summed E-state index contributed by atoms with van der Waals surface area (Å²) < 4.78 is 0. The van der Waals surface area contributed by atoms with Crippen LogP contribution in [0.2, 0.25) is 0 Å². The van der Waals surface area contributed by atoms with E-state index in [0.717, 1.165) is 17.5 Å². The van der Waals surface area contributed by atoms with E-state index in [2.05, 4.69) is 5.32 Å². The summed E-state index contributed by atoms with van der Waals surface area (Å²) in [7, 11) is 0. The molecule has 1 aromatic carbocycles. The van der Waals surface area contributed by atoms with Crippen molar-refractivity contribution in [3.63, 3.8) is 0 Å². The number of piperazine rings is 1. The van der Waals surface area contributed by atoms with Crippen LogP contribution in [0.25, 0.3) is 0 Å². The Bertz CT molecular complexity index is 513.